The summed E-state index contributed by atoms with van der Waals surface area (Å²) in [6.45, 7) is 8.19. The molecule has 2 aliphatic heterocycles. The maximum absolute atomic E-state index is 12.5. The van der Waals surface area contributed by atoms with Gasteiger partial charge in [-0.1, -0.05) is 26.0 Å². The number of hydrogen-bond donors (Lipinski definition) is 2. The molecule has 29 heavy (non-hydrogen) atoms. The molecule has 0 aromatic heterocycles. The fourth-order valence-electron chi connectivity index (χ4n) is 3.56. The molecule has 0 fully saturated rings. The minimum absolute atomic E-state index is 0.143. The van der Waals surface area contributed by atoms with Crippen LogP contribution >= 0.6 is 0 Å². The Morgan fingerprint density at radius 2 is 2.00 bits per heavy atom. The van der Waals surface area contributed by atoms with Crippen molar-refractivity contribution in [2.24, 2.45) is 0 Å². The number of benzene rings is 1. The van der Waals surface area contributed by atoms with Gasteiger partial charge in [0, 0.05) is 18.8 Å². The van der Waals surface area contributed by atoms with Gasteiger partial charge in [-0.15, -0.1) is 0 Å². The Labute approximate surface area is 171 Å². The van der Waals surface area contributed by atoms with Crippen molar-refractivity contribution < 1.29 is 23.8 Å². The summed E-state index contributed by atoms with van der Waals surface area (Å²) in [5.74, 6) is 1.08. The van der Waals surface area contributed by atoms with Gasteiger partial charge in [-0.2, -0.15) is 0 Å². The summed E-state index contributed by atoms with van der Waals surface area (Å²) in [6.07, 6.45) is 0.462. The number of nitrogens with zero attached hydrogens (tertiary/aromatic N) is 1. The van der Waals surface area contributed by atoms with Gasteiger partial charge >= 0.3 is 12.0 Å². The maximum atomic E-state index is 12.5. The lowest BCUT2D eigenvalue weighted by atomic mass is 10.00. The Morgan fingerprint density at radius 1 is 1.24 bits per heavy atom. The van der Waals surface area contributed by atoms with Gasteiger partial charge in [0.1, 0.15) is 12.7 Å². The third-order valence-electron chi connectivity index (χ3n) is 5.01. The minimum Gasteiger partial charge on any atom is -0.486 e. The number of esters is 1. The SMILES string of the molecule is CCOC(=O)C1=C(CN(CC)C[C@H]2COc3ccccc3O2)NC(=O)N[C@H]1CC. The van der Waals surface area contributed by atoms with Gasteiger partial charge in [-0.3, -0.25) is 4.90 Å². The van der Waals surface area contributed by atoms with E-state index in [1.807, 2.05) is 38.1 Å². The van der Waals surface area contributed by atoms with Gasteiger partial charge in [0.25, 0.3) is 0 Å². The van der Waals surface area contributed by atoms with E-state index < -0.39 is 5.97 Å². The van der Waals surface area contributed by atoms with Crippen molar-refractivity contribution in [2.75, 3.05) is 32.8 Å². The molecule has 2 atom stereocenters. The van der Waals surface area contributed by atoms with E-state index >= 15 is 0 Å². The molecular formula is C21H29N3O5. The molecule has 8 heteroatoms. The number of likely N-dealkylation sites (N-methyl/N-ethyl adjacent to an activating group) is 1. The number of amides is 2. The van der Waals surface area contributed by atoms with Gasteiger partial charge in [-0.05, 0) is 32.0 Å². The Bertz CT molecular complexity index is 779. The molecule has 0 unspecified atom stereocenters. The maximum Gasteiger partial charge on any atom is 0.337 e. The van der Waals surface area contributed by atoms with E-state index in [-0.39, 0.29) is 24.8 Å². The van der Waals surface area contributed by atoms with Crippen LogP contribution in [0.15, 0.2) is 35.5 Å². The first-order chi connectivity index (χ1) is 14.0. The predicted molar refractivity (Wildman–Crippen MR) is 108 cm³/mol. The summed E-state index contributed by atoms with van der Waals surface area (Å²) in [6, 6.07) is 6.93. The lowest BCUT2D eigenvalue weighted by Gasteiger charge is -2.33. The third kappa shape index (κ3) is 5.00. The summed E-state index contributed by atoms with van der Waals surface area (Å²) in [4.78, 5) is 26.8. The van der Waals surface area contributed by atoms with Crippen LogP contribution in [0.5, 0.6) is 11.5 Å². The highest BCUT2D eigenvalue weighted by molar-refractivity contribution is 5.94. The van der Waals surface area contributed by atoms with Crippen LogP contribution in [-0.4, -0.2) is 61.9 Å². The fraction of sp³-hybridized carbons (Fsp3) is 0.524. The zero-order valence-electron chi connectivity index (χ0n) is 17.2. The molecule has 1 aromatic carbocycles. The largest absolute Gasteiger partial charge is 0.486 e. The number of carbonyl (C=O) groups is 2. The number of nitrogens with one attached hydrogen (secondary N) is 2. The van der Waals surface area contributed by atoms with Crippen LogP contribution in [0.2, 0.25) is 0 Å². The molecule has 8 nitrogen and oxygen atoms in total. The summed E-state index contributed by atoms with van der Waals surface area (Å²) in [5, 5.41) is 5.60. The van der Waals surface area contributed by atoms with E-state index in [9.17, 15) is 9.59 Å². The van der Waals surface area contributed by atoms with E-state index in [4.69, 9.17) is 14.2 Å². The Hall–Kier alpha value is -2.74. The molecule has 2 amide bonds. The van der Waals surface area contributed by atoms with Crippen molar-refractivity contribution in [3.8, 4) is 11.5 Å². The van der Waals surface area contributed by atoms with Crippen molar-refractivity contribution in [2.45, 2.75) is 39.3 Å². The number of hydrogen-bond acceptors (Lipinski definition) is 6. The second kappa shape index (κ2) is 9.65. The van der Waals surface area contributed by atoms with Gasteiger partial charge in [0.05, 0.1) is 18.2 Å². The van der Waals surface area contributed by atoms with Gasteiger partial charge in [0.15, 0.2) is 11.5 Å². The van der Waals surface area contributed by atoms with E-state index in [0.29, 0.717) is 37.4 Å². The quantitative estimate of drug-likeness (QED) is 0.646. The first-order valence-electron chi connectivity index (χ1n) is 10.1. The Balaban J connectivity index is 1.75. The molecule has 158 valence electrons. The smallest absolute Gasteiger partial charge is 0.337 e. The summed E-state index contributed by atoms with van der Waals surface area (Å²) < 4.78 is 17.1. The first-order valence-corrected chi connectivity index (χ1v) is 10.1. The fourth-order valence-corrected chi connectivity index (χ4v) is 3.56. The molecule has 2 heterocycles. The minimum atomic E-state index is -0.399. The second-order valence-electron chi connectivity index (χ2n) is 7.00. The number of para-hydroxylation sites is 2. The molecule has 0 saturated heterocycles. The van der Waals surface area contributed by atoms with Crippen LogP contribution in [0.4, 0.5) is 4.79 Å². The number of ether oxygens (including phenoxy) is 3. The lowest BCUT2D eigenvalue weighted by molar-refractivity contribution is -0.139. The highest BCUT2D eigenvalue weighted by Crippen LogP contribution is 2.31. The molecule has 0 spiro atoms. The van der Waals surface area contributed by atoms with E-state index in [1.165, 1.54) is 0 Å². The normalized spacial score (nSPS) is 20.9. The molecule has 0 radical (unpaired) electrons. The zero-order chi connectivity index (χ0) is 20.8. The number of rotatable bonds is 8. The van der Waals surface area contributed by atoms with E-state index in [1.54, 1.807) is 6.92 Å². The highest BCUT2D eigenvalue weighted by Gasteiger charge is 2.32. The molecule has 1 aromatic rings. The molecule has 2 aliphatic rings. The highest BCUT2D eigenvalue weighted by atomic mass is 16.6. The summed E-state index contributed by atoms with van der Waals surface area (Å²) in [7, 11) is 0. The standard InChI is InChI=1S/C21H29N3O5/c1-4-15-19(20(25)27-6-3)16(23-21(26)22-15)12-24(5-2)11-14-13-28-17-9-7-8-10-18(17)29-14/h7-10,14-15H,4-6,11-13H2,1-3H3,(H2,22,23,26)/t14-,15-/m0/s1. The van der Waals surface area contributed by atoms with Crippen LogP contribution < -0.4 is 20.1 Å². The van der Waals surface area contributed by atoms with Crippen LogP contribution in [0.1, 0.15) is 27.2 Å². The van der Waals surface area contributed by atoms with Gasteiger partial charge < -0.3 is 24.8 Å². The molecule has 3 rings (SSSR count). The Morgan fingerprint density at radius 3 is 2.69 bits per heavy atom. The topological polar surface area (TPSA) is 89.1 Å². The van der Waals surface area contributed by atoms with Crippen molar-refractivity contribution >= 4 is 12.0 Å². The Kier molecular flexibility index (Phi) is 6.98. The first kappa shape index (κ1) is 21.0. The van der Waals surface area contributed by atoms with Gasteiger partial charge in [0.2, 0.25) is 0 Å². The molecule has 0 saturated carbocycles. The molecular weight excluding hydrogens is 374 g/mol. The summed E-state index contributed by atoms with van der Waals surface area (Å²) >= 11 is 0. The summed E-state index contributed by atoms with van der Waals surface area (Å²) in [5.41, 5.74) is 1.07. The zero-order valence-corrected chi connectivity index (χ0v) is 17.2. The average molecular weight is 403 g/mol. The third-order valence-corrected chi connectivity index (χ3v) is 5.01. The molecule has 2 N–H and O–H groups in total. The van der Waals surface area contributed by atoms with Crippen molar-refractivity contribution in [1.29, 1.82) is 0 Å². The van der Waals surface area contributed by atoms with E-state index in [2.05, 4.69) is 15.5 Å². The van der Waals surface area contributed by atoms with Crippen molar-refractivity contribution in [3.63, 3.8) is 0 Å². The van der Waals surface area contributed by atoms with Gasteiger partial charge in [-0.25, -0.2) is 9.59 Å². The van der Waals surface area contributed by atoms with Crippen molar-refractivity contribution in [3.05, 3.63) is 35.5 Å². The van der Waals surface area contributed by atoms with Crippen LogP contribution in [-0.2, 0) is 9.53 Å². The molecule has 0 bridgehead atoms. The number of carbonyl (C=O) groups excluding carboxylic acids is 2. The van der Waals surface area contributed by atoms with Crippen molar-refractivity contribution in [1.82, 2.24) is 15.5 Å². The predicted octanol–water partition coefficient (Wildman–Crippen LogP) is 2.06. The second-order valence-corrected chi connectivity index (χ2v) is 7.00. The molecule has 0 aliphatic carbocycles. The monoisotopic (exact) mass is 403 g/mol. The van der Waals surface area contributed by atoms with Crippen LogP contribution in [0.3, 0.4) is 0 Å². The number of fused-ring (bicyclic) bond motifs is 1. The lowest BCUT2D eigenvalue weighted by Crippen LogP contribution is -2.52. The van der Waals surface area contributed by atoms with Crippen LogP contribution in [0.25, 0.3) is 0 Å². The van der Waals surface area contributed by atoms with E-state index in [0.717, 1.165) is 18.0 Å². The van der Waals surface area contributed by atoms with Crippen LogP contribution in [0, 0.1) is 0 Å². The average Bonchev–Trinajstić information content (AvgIpc) is 2.72. The number of urea groups is 1.